The van der Waals surface area contributed by atoms with Crippen LogP contribution in [0.1, 0.15) is 23.2 Å². The van der Waals surface area contributed by atoms with Crippen molar-refractivity contribution in [1.29, 1.82) is 0 Å². The molecule has 1 unspecified atom stereocenters. The molecule has 23 heavy (non-hydrogen) atoms. The summed E-state index contributed by atoms with van der Waals surface area (Å²) in [6.07, 6.45) is 1.63. The average molecular weight is 352 g/mol. The highest BCUT2D eigenvalue weighted by atomic mass is 35.5. The molecular weight excluding hydrogens is 334 g/mol. The van der Waals surface area contributed by atoms with Gasteiger partial charge in [0, 0.05) is 29.4 Å². The van der Waals surface area contributed by atoms with E-state index in [0.717, 1.165) is 25.1 Å². The van der Waals surface area contributed by atoms with Gasteiger partial charge in [0.2, 0.25) is 5.91 Å². The summed E-state index contributed by atoms with van der Waals surface area (Å²) in [6, 6.07) is 6.85. The molecule has 1 aromatic carbocycles. The van der Waals surface area contributed by atoms with Crippen molar-refractivity contribution in [2.45, 2.75) is 12.8 Å². The van der Waals surface area contributed by atoms with Crippen molar-refractivity contribution in [3.05, 3.63) is 34.9 Å². The second kappa shape index (κ2) is 7.36. The van der Waals surface area contributed by atoms with E-state index in [1.54, 1.807) is 40.9 Å². The van der Waals surface area contributed by atoms with E-state index in [2.05, 4.69) is 10.3 Å². The highest BCUT2D eigenvalue weighted by Crippen LogP contribution is 2.20. The number of hydrogen-bond acceptors (Lipinski definition) is 4. The maximum Gasteiger partial charge on any atom is 0.253 e. The summed E-state index contributed by atoms with van der Waals surface area (Å²) in [6.45, 7) is 1.89. The number of aliphatic imine (C=N–C) groups is 1. The summed E-state index contributed by atoms with van der Waals surface area (Å²) in [7, 11) is 0. The van der Waals surface area contributed by atoms with Crippen LogP contribution in [0.5, 0.6) is 0 Å². The third-order valence-corrected chi connectivity index (χ3v) is 5.13. The molecule has 2 heterocycles. The fourth-order valence-corrected chi connectivity index (χ4v) is 3.63. The molecule has 5 nitrogen and oxygen atoms in total. The Morgan fingerprint density at radius 1 is 1.30 bits per heavy atom. The molecule has 0 spiro atoms. The van der Waals surface area contributed by atoms with Crippen LogP contribution in [-0.2, 0) is 4.79 Å². The fourth-order valence-electron chi connectivity index (χ4n) is 2.77. The first kappa shape index (κ1) is 16.3. The number of nitrogens with zero attached hydrogens (tertiary/aromatic N) is 2. The van der Waals surface area contributed by atoms with Gasteiger partial charge in [0.15, 0.2) is 5.17 Å². The Balaban J connectivity index is 1.62. The standard InChI is InChI=1S/C16H18ClN3O2S/c17-13-5-3-11(4-6-13)15(22)20-8-1-2-12(10-20)14(21)19-16-18-7-9-23-16/h3-6,12H,1-2,7-10H2,(H,18,19,21). The van der Waals surface area contributed by atoms with Crippen LogP contribution in [-0.4, -0.2) is 47.3 Å². The van der Waals surface area contributed by atoms with E-state index in [0.29, 0.717) is 28.8 Å². The summed E-state index contributed by atoms with van der Waals surface area (Å²) >= 11 is 7.42. The van der Waals surface area contributed by atoms with Crippen LogP contribution in [0.2, 0.25) is 5.02 Å². The van der Waals surface area contributed by atoms with Crippen molar-refractivity contribution in [1.82, 2.24) is 10.2 Å². The Morgan fingerprint density at radius 3 is 2.78 bits per heavy atom. The lowest BCUT2D eigenvalue weighted by Gasteiger charge is -2.32. The predicted octanol–water partition coefficient (Wildman–Crippen LogP) is 2.41. The number of thioether (sulfide) groups is 1. The minimum Gasteiger partial charge on any atom is -0.338 e. The molecule has 0 radical (unpaired) electrons. The number of likely N-dealkylation sites (tertiary alicyclic amines) is 1. The maximum atomic E-state index is 12.5. The molecule has 2 aliphatic heterocycles. The van der Waals surface area contributed by atoms with E-state index in [9.17, 15) is 9.59 Å². The number of benzene rings is 1. The third kappa shape index (κ3) is 4.06. The molecule has 1 N–H and O–H groups in total. The molecule has 2 amide bonds. The van der Waals surface area contributed by atoms with E-state index in [1.165, 1.54) is 0 Å². The largest absolute Gasteiger partial charge is 0.338 e. The van der Waals surface area contributed by atoms with Crippen molar-refractivity contribution in [3.8, 4) is 0 Å². The van der Waals surface area contributed by atoms with Crippen molar-refractivity contribution in [2.75, 3.05) is 25.4 Å². The molecular formula is C16H18ClN3O2S. The summed E-state index contributed by atoms with van der Waals surface area (Å²) in [5.41, 5.74) is 0.603. The second-order valence-electron chi connectivity index (χ2n) is 5.62. The van der Waals surface area contributed by atoms with Crippen LogP contribution in [0, 0.1) is 5.92 Å². The van der Waals surface area contributed by atoms with E-state index >= 15 is 0 Å². The molecule has 7 heteroatoms. The van der Waals surface area contributed by atoms with Crippen LogP contribution in [0.25, 0.3) is 0 Å². The molecule has 2 aliphatic rings. The van der Waals surface area contributed by atoms with Gasteiger partial charge in [-0.05, 0) is 37.1 Å². The van der Waals surface area contributed by atoms with Crippen molar-refractivity contribution in [3.63, 3.8) is 0 Å². The first-order chi connectivity index (χ1) is 11.1. The Hall–Kier alpha value is -1.53. The van der Waals surface area contributed by atoms with Gasteiger partial charge in [0.25, 0.3) is 5.91 Å². The predicted molar refractivity (Wildman–Crippen MR) is 93.0 cm³/mol. The molecule has 0 aliphatic carbocycles. The monoisotopic (exact) mass is 351 g/mol. The molecule has 1 aromatic rings. The van der Waals surface area contributed by atoms with Crippen molar-refractivity contribution < 1.29 is 9.59 Å². The third-order valence-electron chi connectivity index (χ3n) is 3.99. The number of piperidine rings is 1. The van der Waals surface area contributed by atoms with Crippen molar-refractivity contribution in [2.24, 2.45) is 10.9 Å². The summed E-state index contributed by atoms with van der Waals surface area (Å²) in [5.74, 6) is 0.656. The van der Waals surface area contributed by atoms with Gasteiger partial charge in [-0.25, -0.2) is 0 Å². The quantitative estimate of drug-likeness (QED) is 0.890. The van der Waals surface area contributed by atoms with Gasteiger partial charge in [0.1, 0.15) is 0 Å². The summed E-state index contributed by atoms with van der Waals surface area (Å²) < 4.78 is 0. The molecule has 122 valence electrons. The van der Waals surface area contributed by atoms with Crippen LogP contribution < -0.4 is 5.32 Å². The zero-order valence-corrected chi connectivity index (χ0v) is 14.2. The number of nitrogens with one attached hydrogen (secondary N) is 1. The molecule has 1 saturated heterocycles. The Bertz CT molecular complexity index is 633. The lowest BCUT2D eigenvalue weighted by atomic mass is 9.96. The Kier molecular flexibility index (Phi) is 5.23. The van der Waals surface area contributed by atoms with Gasteiger partial charge in [-0.1, -0.05) is 23.4 Å². The van der Waals surface area contributed by atoms with Gasteiger partial charge < -0.3 is 10.2 Å². The van der Waals surface area contributed by atoms with Gasteiger partial charge in [0.05, 0.1) is 12.5 Å². The van der Waals surface area contributed by atoms with Gasteiger partial charge >= 0.3 is 0 Å². The van der Waals surface area contributed by atoms with Crippen LogP contribution >= 0.6 is 23.4 Å². The highest BCUT2D eigenvalue weighted by molar-refractivity contribution is 8.14. The number of amidine groups is 1. The van der Waals surface area contributed by atoms with E-state index in [4.69, 9.17) is 11.6 Å². The number of hydrogen-bond donors (Lipinski definition) is 1. The molecule has 1 fully saturated rings. The van der Waals surface area contributed by atoms with E-state index < -0.39 is 0 Å². The first-order valence-corrected chi connectivity index (χ1v) is 9.03. The number of rotatable bonds is 2. The van der Waals surface area contributed by atoms with Gasteiger partial charge in [-0.2, -0.15) is 0 Å². The topological polar surface area (TPSA) is 61.8 Å². The maximum absolute atomic E-state index is 12.5. The SMILES string of the molecule is O=C(NC1=NCCS1)C1CCCN(C(=O)c2ccc(Cl)cc2)C1. The fraction of sp³-hybridized carbons (Fsp3) is 0.438. The van der Waals surface area contributed by atoms with Gasteiger partial charge in [-0.3, -0.25) is 14.6 Å². The number of halogens is 1. The zero-order chi connectivity index (χ0) is 16.2. The molecule has 0 saturated carbocycles. The van der Waals surface area contributed by atoms with Gasteiger partial charge in [-0.15, -0.1) is 0 Å². The van der Waals surface area contributed by atoms with Crippen LogP contribution in [0.15, 0.2) is 29.3 Å². The molecule has 0 bridgehead atoms. The molecule has 0 aromatic heterocycles. The Labute approximate surface area is 144 Å². The smallest absolute Gasteiger partial charge is 0.253 e. The number of carbonyl (C=O) groups excluding carboxylic acids is 2. The van der Waals surface area contributed by atoms with Crippen molar-refractivity contribution >= 4 is 40.3 Å². The highest BCUT2D eigenvalue weighted by Gasteiger charge is 2.29. The second-order valence-corrected chi connectivity index (χ2v) is 7.14. The first-order valence-electron chi connectivity index (χ1n) is 7.66. The lowest BCUT2D eigenvalue weighted by Crippen LogP contribution is -2.46. The van der Waals surface area contributed by atoms with E-state index in [1.807, 2.05) is 0 Å². The van der Waals surface area contributed by atoms with Crippen LogP contribution in [0.3, 0.4) is 0 Å². The lowest BCUT2D eigenvalue weighted by molar-refractivity contribution is -0.124. The minimum atomic E-state index is -0.177. The normalized spacial score (nSPS) is 21.0. The molecule has 1 atom stereocenters. The van der Waals surface area contributed by atoms with E-state index in [-0.39, 0.29) is 17.7 Å². The summed E-state index contributed by atoms with van der Waals surface area (Å²) in [4.78, 5) is 30.9. The Morgan fingerprint density at radius 2 is 2.09 bits per heavy atom. The number of amides is 2. The molecule has 3 rings (SSSR count). The number of carbonyl (C=O) groups is 2. The average Bonchev–Trinajstić information content (AvgIpc) is 3.08. The zero-order valence-electron chi connectivity index (χ0n) is 12.6. The summed E-state index contributed by atoms with van der Waals surface area (Å²) in [5, 5.41) is 4.18. The minimum absolute atomic E-state index is 0.0354. The van der Waals surface area contributed by atoms with Crippen LogP contribution in [0.4, 0.5) is 0 Å².